The average Bonchev–Trinajstić information content (AvgIpc) is 2.80. The van der Waals surface area contributed by atoms with Crippen molar-refractivity contribution in [3.8, 4) is 0 Å². The van der Waals surface area contributed by atoms with Gasteiger partial charge in [0, 0.05) is 29.9 Å². The van der Waals surface area contributed by atoms with Gasteiger partial charge in [-0.2, -0.15) is 11.8 Å². The van der Waals surface area contributed by atoms with Gasteiger partial charge in [-0.05, 0) is 25.2 Å². The number of carbonyl (C=O) groups is 1. The first-order valence-corrected chi connectivity index (χ1v) is 7.84. The van der Waals surface area contributed by atoms with Gasteiger partial charge in [0.2, 0.25) is 0 Å². The van der Waals surface area contributed by atoms with Crippen molar-refractivity contribution in [2.45, 2.75) is 13.3 Å². The molecule has 0 aliphatic carbocycles. The first-order chi connectivity index (χ1) is 9.74. The fourth-order valence-electron chi connectivity index (χ4n) is 1.98. The molecule has 2 N–H and O–H groups in total. The molecule has 5 heteroatoms. The zero-order valence-electron chi connectivity index (χ0n) is 11.5. The molecule has 0 fully saturated rings. The SMILES string of the molecule is Cc1c(C(=O)NCCSCCCO)oc2ccccc12. The van der Waals surface area contributed by atoms with E-state index in [1.165, 1.54) is 0 Å². The average molecular weight is 293 g/mol. The molecule has 0 unspecified atom stereocenters. The minimum atomic E-state index is -0.165. The highest BCUT2D eigenvalue weighted by Crippen LogP contribution is 2.24. The third-order valence-corrected chi connectivity index (χ3v) is 4.10. The zero-order valence-corrected chi connectivity index (χ0v) is 12.3. The van der Waals surface area contributed by atoms with E-state index in [9.17, 15) is 4.79 Å². The standard InChI is InChI=1S/C15H19NO3S/c1-11-12-5-2-3-6-13(12)19-14(11)15(18)16-7-10-20-9-4-8-17/h2-3,5-6,17H,4,7-10H2,1H3,(H,16,18). The topological polar surface area (TPSA) is 62.5 Å². The van der Waals surface area contributed by atoms with Crippen molar-refractivity contribution in [3.63, 3.8) is 0 Å². The molecular weight excluding hydrogens is 274 g/mol. The van der Waals surface area contributed by atoms with Crippen LogP contribution in [0.15, 0.2) is 28.7 Å². The highest BCUT2D eigenvalue weighted by Gasteiger charge is 2.16. The molecule has 0 spiro atoms. The molecule has 1 amide bonds. The molecule has 0 aliphatic heterocycles. The van der Waals surface area contributed by atoms with Crippen LogP contribution in [0.1, 0.15) is 22.5 Å². The summed E-state index contributed by atoms with van der Waals surface area (Å²) in [5.74, 6) is 1.98. The summed E-state index contributed by atoms with van der Waals surface area (Å²) in [6.07, 6.45) is 0.793. The number of carbonyl (C=O) groups excluding carboxylic acids is 1. The monoisotopic (exact) mass is 293 g/mol. The Morgan fingerprint density at radius 1 is 1.35 bits per heavy atom. The Labute approximate surface area is 122 Å². The van der Waals surface area contributed by atoms with Gasteiger partial charge in [-0.3, -0.25) is 4.79 Å². The van der Waals surface area contributed by atoms with Crippen molar-refractivity contribution in [1.29, 1.82) is 0 Å². The number of hydrogen-bond acceptors (Lipinski definition) is 4. The lowest BCUT2D eigenvalue weighted by molar-refractivity contribution is 0.0930. The number of rotatable bonds is 7. The smallest absolute Gasteiger partial charge is 0.287 e. The summed E-state index contributed by atoms with van der Waals surface area (Å²) in [7, 11) is 0. The Morgan fingerprint density at radius 3 is 2.90 bits per heavy atom. The van der Waals surface area contributed by atoms with E-state index in [1.807, 2.05) is 31.2 Å². The van der Waals surface area contributed by atoms with Crippen LogP contribution in [0.5, 0.6) is 0 Å². The quantitative estimate of drug-likeness (QED) is 0.770. The first-order valence-electron chi connectivity index (χ1n) is 6.69. The van der Waals surface area contributed by atoms with E-state index >= 15 is 0 Å². The van der Waals surface area contributed by atoms with Gasteiger partial charge in [-0.25, -0.2) is 0 Å². The Hall–Kier alpha value is -1.46. The maximum atomic E-state index is 12.1. The van der Waals surface area contributed by atoms with Crippen molar-refractivity contribution >= 4 is 28.6 Å². The molecule has 1 aromatic heterocycles. The van der Waals surface area contributed by atoms with Crippen LogP contribution in [0, 0.1) is 6.92 Å². The molecule has 1 aromatic carbocycles. The van der Waals surface area contributed by atoms with Crippen LogP contribution in [0.4, 0.5) is 0 Å². The summed E-state index contributed by atoms with van der Waals surface area (Å²) >= 11 is 1.72. The molecule has 0 bridgehead atoms. The van der Waals surface area contributed by atoms with E-state index in [4.69, 9.17) is 9.52 Å². The lowest BCUT2D eigenvalue weighted by Crippen LogP contribution is -2.26. The van der Waals surface area contributed by atoms with Gasteiger partial charge in [0.15, 0.2) is 5.76 Å². The van der Waals surface area contributed by atoms with Crippen molar-refractivity contribution in [2.24, 2.45) is 0 Å². The highest BCUT2D eigenvalue weighted by atomic mass is 32.2. The number of aliphatic hydroxyl groups is 1. The molecule has 20 heavy (non-hydrogen) atoms. The Balaban J connectivity index is 1.89. The van der Waals surface area contributed by atoms with Gasteiger partial charge in [-0.1, -0.05) is 18.2 Å². The van der Waals surface area contributed by atoms with Gasteiger partial charge in [0.05, 0.1) is 0 Å². The van der Waals surface area contributed by atoms with Crippen LogP contribution in [0.3, 0.4) is 0 Å². The maximum Gasteiger partial charge on any atom is 0.287 e. The normalized spacial score (nSPS) is 10.9. The van der Waals surface area contributed by atoms with Crippen LogP contribution in [-0.2, 0) is 0 Å². The first kappa shape index (κ1) is 14.9. The number of hydrogen-bond donors (Lipinski definition) is 2. The van der Waals surface area contributed by atoms with Crippen molar-refractivity contribution in [2.75, 3.05) is 24.7 Å². The lowest BCUT2D eigenvalue weighted by atomic mass is 10.1. The second-order valence-electron chi connectivity index (χ2n) is 4.50. The minimum absolute atomic E-state index is 0.165. The molecule has 0 atom stereocenters. The minimum Gasteiger partial charge on any atom is -0.451 e. The number of aryl methyl sites for hydroxylation is 1. The fourth-order valence-corrected chi connectivity index (χ4v) is 2.76. The van der Waals surface area contributed by atoms with E-state index in [1.54, 1.807) is 11.8 Å². The molecular formula is C15H19NO3S. The second kappa shape index (κ2) is 7.36. The highest BCUT2D eigenvalue weighted by molar-refractivity contribution is 7.99. The molecule has 2 rings (SSSR count). The number of para-hydroxylation sites is 1. The number of furan rings is 1. The van der Waals surface area contributed by atoms with E-state index in [-0.39, 0.29) is 12.5 Å². The van der Waals surface area contributed by atoms with E-state index < -0.39 is 0 Å². The summed E-state index contributed by atoms with van der Waals surface area (Å²) in [5, 5.41) is 12.5. The van der Waals surface area contributed by atoms with Crippen molar-refractivity contribution in [1.82, 2.24) is 5.32 Å². The largest absolute Gasteiger partial charge is 0.451 e. The van der Waals surface area contributed by atoms with Crippen LogP contribution in [0.25, 0.3) is 11.0 Å². The molecule has 1 heterocycles. The lowest BCUT2D eigenvalue weighted by Gasteiger charge is -2.03. The molecule has 0 saturated carbocycles. The van der Waals surface area contributed by atoms with Gasteiger partial charge in [-0.15, -0.1) is 0 Å². The number of thioether (sulfide) groups is 1. The summed E-state index contributed by atoms with van der Waals surface area (Å²) in [4.78, 5) is 12.1. The fraction of sp³-hybridized carbons (Fsp3) is 0.400. The van der Waals surface area contributed by atoms with E-state index in [2.05, 4.69) is 5.32 Å². The number of amides is 1. The molecule has 108 valence electrons. The van der Waals surface area contributed by atoms with Crippen LogP contribution < -0.4 is 5.32 Å². The van der Waals surface area contributed by atoms with Crippen LogP contribution >= 0.6 is 11.8 Å². The number of nitrogens with one attached hydrogen (secondary N) is 1. The number of aliphatic hydroxyl groups excluding tert-OH is 1. The van der Waals surface area contributed by atoms with Gasteiger partial charge >= 0.3 is 0 Å². The molecule has 2 aromatic rings. The van der Waals surface area contributed by atoms with E-state index in [0.29, 0.717) is 12.3 Å². The predicted octanol–water partition coefficient (Wildman–Crippen LogP) is 2.59. The summed E-state index contributed by atoms with van der Waals surface area (Å²) in [6, 6.07) is 7.65. The van der Waals surface area contributed by atoms with Gasteiger partial charge < -0.3 is 14.8 Å². The molecule has 0 saturated heterocycles. The second-order valence-corrected chi connectivity index (χ2v) is 5.72. The van der Waals surface area contributed by atoms with E-state index in [0.717, 1.165) is 34.5 Å². The number of benzene rings is 1. The third-order valence-electron chi connectivity index (χ3n) is 3.03. The molecule has 0 aliphatic rings. The zero-order chi connectivity index (χ0) is 14.4. The predicted molar refractivity (Wildman–Crippen MR) is 82.3 cm³/mol. The maximum absolute atomic E-state index is 12.1. The number of fused-ring (bicyclic) bond motifs is 1. The van der Waals surface area contributed by atoms with Crippen molar-refractivity contribution in [3.05, 3.63) is 35.6 Å². The van der Waals surface area contributed by atoms with Gasteiger partial charge in [0.1, 0.15) is 5.58 Å². The Bertz CT molecular complexity index is 580. The third kappa shape index (κ3) is 3.55. The molecule has 4 nitrogen and oxygen atoms in total. The van der Waals surface area contributed by atoms with Crippen LogP contribution in [0.2, 0.25) is 0 Å². The van der Waals surface area contributed by atoms with Crippen molar-refractivity contribution < 1.29 is 14.3 Å². The van der Waals surface area contributed by atoms with Gasteiger partial charge in [0.25, 0.3) is 5.91 Å². The Morgan fingerprint density at radius 2 is 2.15 bits per heavy atom. The molecule has 0 radical (unpaired) electrons. The van der Waals surface area contributed by atoms with Crippen LogP contribution in [-0.4, -0.2) is 35.7 Å². The summed E-state index contributed by atoms with van der Waals surface area (Å²) in [6.45, 7) is 2.72. The summed E-state index contributed by atoms with van der Waals surface area (Å²) < 4.78 is 5.60. The Kier molecular flexibility index (Phi) is 5.49. The summed E-state index contributed by atoms with van der Waals surface area (Å²) in [5.41, 5.74) is 1.62.